The van der Waals surface area contributed by atoms with Gasteiger partial charge in [0.25, 0.3) is 0 Å². The Bertz CT molecular complexity index is 790. The smallest absolute Gasteiger partial charge is 0.119 e. The standard InChI is InChI=1S/C31H44O/c1-3-5-6-7-8-9-24-10-11-30-23-29(17-16-28(30)22-24)27-14-12-25(13-15-27)26-18-20-31(21-19-26)32-4-2/h12-15,18-21,24,28-30H,3-11,16-17,22-23H2,1-2H3. The molecule has 0 saturated heterocycles. The van der Waals surface area contributed by atoms with Crippen LogP contribution in [0.2, 0.25) is 0 Å². The van der Waals surface area contributed by atoms with Crippen molar-refractivity contribution in [2.75, 3.05) is 6.61 Å². The molecular weight excluding hydrogens is 388 g/mol. The molecule has 0 spiro atoms. The second-order valence-electron chi connectivity index (χ2n) is 10.5. The van der Waals surface area contributed by atoms with Crippen molar-refractivity contribution in [3.05, 3.63) is 54.1 Å². The molecule has 2 fully saturated rings. The van der Waals surface area contributed by atoms with Crippen LogP contribution in [0.25, 0.3) is 11.1 Å². The lowest BCUT2D eigenvalue weighted by molar-refractivity contribution is 0.113. The minimum Gasteiger partial charge on any atom is -0.494 e. The maximum Gasteiger partial charge on any atom is 0.119 e. The van der Waals surface area contributed by atoms with Gasteiger partial charge in [0.1, 0.15) is 5.75 Å². The molecule has 1 heteroatoms. The lowest BCUT2D eigenvalue weighted by Gasteiger charge is -2.42. The van der Waals surface area contributed by atoms with E-state index in [0.717, 1.165) is 36.0 Å². The summed E-state index contributed by atoms with van der Waals surface area (Å²) in [5, 5.41) is 0. The molecule has 4 atom stereocenters. The van der Waals surface area contributed by atoms with Crippen molar-refractivity contribution < 1.29 is 4.74 Å². The predicted octanol–water partition coefficient (Wildman–Crippen LogP) is 9.41. The summed E-state index contributed by atoms with van der Waals surface area (Å²) in [4.78, 5) is 0. The zero-order chi connectivity index (χ0) is 22.2. The summed E-state index contributed by atoms with van der Waals surface area (Å²) < 4.78 is 5.58. The molecule has 0 heterocycles. The second-order valence-corrected chi connectivity index (χ2v) is 10.5. The highest BCUT2D eigenvalue weighted by Gasteiger charge is 2.35. The van der Waals surface area contributed by atoms with E-state index >= 15 is 0 Å². The molecule has 2 aromatic carbocycles. The van der Waals surface area contributed by atoms with Crippen LogP contribution in [0.15, 0.2) is 48.5 Å². The topological polar surface area (TPSA) is 9.23 Å². The molecular formula is C31H44O. The lowest BCUT2D eigenvalue weighted by Crippen LogP contribution is -2.30. The van der Waals surface area contributed by atoms with Crippen LogP contribution in [0.5, 0.6) is 5.75 Å². The van der Waals surface area contributed by atoms with Gasteiger partial charge in [-0.05, 0) is 91.5 Å². The van der Waals surface area contributed by atoms with Gasteiger partial charge in [-0.1, -0.05) is 88.3 Å². The van der Waals surface area contributed by atoms with Gasteiger partial charge in [-0.3, -0.25) is 0 Å². The molecule has 0 N–H and O–H groups in total. The largest absolute Gasteiger partial charge is 0.494 e. The van der Waals surface area contributed by atoms with Gasteiger partial charge in [-0.2, -0.15) is 0 Å². The summed E-state index contributed by atoms with van der Waals surface area (Å²) in [6, 6.07) is 18.0. The molecule has 2 aromatic rings. The van der Waals surface area contributed by atoms with E-state index in [1.54, 1.807) is 5.56 Å². The third kappa shape index (κ3) is 6.18. The molecule has 4 rings (SSSR count). The van der Waals surface area contributed by atoms with Gasteiger partial charge in [0.2, 0.25) is 0 Å². The van der Waals surface area contributed by atoms with Crippen molar-refractivity contribution in [3.8, 4) is 16.9 Å². The van der Waals surface area contributed by atoms with Gasteiger partial charge < -0.3 is 4.74 Å². The Balaban J connectivity index is 1.27. The first-order valence-electron chi connectivity index (χ1n) is 13.6. The lowest BCUT2D eigenvalue weighted by atomic mass is 9.63. The van der Waals surface area contributed by atoms with Gasteiger partial charge in [0, 0.05) is 0 Å². The van der Waals surface area contributed by atoms with Gasteiger partial charge in [-0.15, -0.1) is 0 Å². The SMILES string of the molecule is CCCCCCCC1CCC2CC(c3ccc(-c4ccc(OCC)cc4)cc3)CCC2C1. The average Bonchev–Trinajstić information content (AvgIpc) is 2.84. The Morgan fingerprint density at radius 1 is 0.688 bits per heavy atom. The minimum absolute atomic E-state index is 0.719. The first-order chi connectivity index (χ1) is 15.8. The summed E-state index contributed by atoms with van der Waals surface area (Å²) in [6.07, 6.45) is 17.5. The van der Waals surface area contributed by atoms with Gasteiger partial charge in [0.15, 0.2) is 0 Å². The summed E-state index contributed by atoms with van der Waals surface area (Å²) >= 11 is 0. The Labute approximate surface area is 197 Å². The number of fused-ring (bicyclic) bond motifs is 1. The Kier molecular flexibility index (Phi) is 8.71. The van der Waals surface area contributed by atoms with Crippen LogP contribution in [0, 0.1) is 17.8 Å². The van der Waals surface area contributed by atoms with Crippen molar-refractivity contribution in [2.45, 2.75) is 96.8 Å². The van der Waals surface area contributed by atoms with E-state index in [1.807, 2.05) is 6.92 Å². The summed E-state index contributed by atoms with van der Waals surface area (Å²) in [5.41, 5.74) is 4.15. The second kappa shape index (κ2) is 11.9. The number of hydrogen-bond donors (Lipinski definition) is 0. The number of benzene rings is 2. The molecule has 2 aliphatic carbocycles. The maximum absolute atomic E-state index is 5.58. The first-order valence-corrected chi connectivity index (χ1v) is 13.6. The minimum atomic E-state index is 0.719. The number of unbranched alkanes of at least 4 members (excludes halogenated alkanes) is 4. The monoisotopic (exact) mass is 432 g/mol. The van der Waals surface area contributed by atoms with Crippen LogP contribution in [0.3, 0.4) is 0 Å². The highest BCUT2D eigenvalue weighted by Crippen LogP contribution is 2.48. The van der Waals surface area contributed by atoms with Crippen molar-refractivity contribution >= 4 is 0 Å². The van der Waals surface area contributed by atoms with E-state index in [2.05, 4.69) is 55.5 Å². The van der Waals surface area contributed by atoms with Crippen molar-refractivity contribution in [1.29, 1.82) is 0 Å². The maximum atomic E-state index is 5.58. The fraction of sp³-hybridized carbons (Fsp3) is 0.613. The Morgan fingerprint density at radius 3 is 2.06 bits per heavy atom. The molecule has 0 aliphatic heterocycles. The van der Waals surface area contributed by atoms with E-state index in [1.165, 1.54) is 88.2 Å². The number of hydrogen-bond acceptors (Lipinski definition) is 1. The highest BCUT2D eigenvalue weighted by atomic mass is 16.5. The van der Waals surface area contributed by atoms with Crippen LogP contribution in [-0.2, 0) is 0 Å². The van der Waals surface area contributed by atoms with Crippen LogP contribution in [-0.4, -0.2) is 6.61 Å². The molecule has 0 radical (unpaired) electrons. The third-order valence-corrected chi connectivity index (χ3v) is 8.32. The highest BCUT2D eigenvalue weighted by molar-refractivity contribution is 5.64. The fourth-order valence-corrected chi connectivity index (χ4v) is 6.45. The van der Waals surface area contributed by atoms with Gasteiger partial charge >= 0.3 is 0 Å². The van der Waals surface area contributed by atoms with Crippen molar-refractivity contribution in [1.82, 2.24) is 0 Å². The van der Waals surface area contributed by atoms with E-state index in [4.69, 9.17) is 4.74 Å². The number of rotatable bonds is 10. The zero-order valence-corrected chi connectivity index (χ0v) is 20.5. The van der Waals surface area contributed by atoms with Crippen LogP contribution >= 0.6 is 0 Å². The van der Waals surface area contributed by atoms with E-state index in [-0.39, 0.29) is 0 Å². The molecule has 2 aliphatic rings. The Hall–Kier alpha value is -1.76. The van der Waals surface area contributed by atoms with Crippen molar-refractivity contribution in [2.24, 2.45) is 17.8 Å². The van der Waals surface area contributed by atoms with Crippen molar-refractivity contribution in [3.63, 3.8) is 0 Å². The quantitative estimate of drug-likeness (QED) is 0.340. The molecule has 32 heavy (non-hydrogen) atoms. The van der Waals surface area contributed by atoms with Gasteiger partial charge in [-0.25, -0.2) is 0 Å². The van der Waals surface area contributed by atoms with Gasteiger partial charge in [0.05, 0.1) is 6.61 Å². The molecule has 174 valence electrons. The molecule has 1 nitrogen and oxygen atoms in total. The number of ether oxygens (including phenoxy) is 1. The van der Waals surface area contributed by atoms with E-state index in [9.17, 15) is 0 Å². The normalized spacial score (nSPS) is 25.3. The van der Waals surface area contributed by atoms with E-state index < -0.39 is 0 Å². The third-order valence-electron chi connectivity index (χ3n) is 8.32. The fourth-order valence-electron chi connectivity index (χ4n) is 6.45. The predicted molar refractivity (Wildman–Crippen MR) is 137 cm³/mol. The molecule has 0 bridgehead atoms. The van der Waals surface area contributed by atoms with Crippen LogP contribution < -0.4 is 4.74 Å². The molecule has 4 unspecified atom stereocenters. The summed E-state index contributed by atoms with van der Waals surface area (Å²) in [7, 11) is 0. The van der Waals surface area contributed by atoms with Crippen LogP contribution in [0.1, 0.15) is 102 Å². The average molecular weight is 433 g/mol. The Morgan fingerprint density at radius 2 is 1.34 bits per heavy atom. The molecule has 0 aromatic heterocycles. The first kappa shape index (κ1) is 23.4. The van der Waals surface area contributed by atoms with E-state index in [0.29, 0.717) is 0 Å². The molecule has 2 saturated carbocycles. The zero-order valence-electron chi connectivity index (χ0n) is 20.5. The van der Waals surface area contributed by atoms with Crippen LogP contribution in [0.4, 0.5) is 0 Å². The summed E-state index contributed by atoms with van der Waals surface area (Å²) in [5.74, 6) is 4.76. The molecule has 0 amide bonds. The summed E-state index contributed by atoms with van der Waals surface area (Å²) in [6.45, 7) is 5.06.